The van der Waals surface area contributed by atoms with Crippen molar-refractivity contribution in [1.82, 2.24) is 0 Å². The molecule has 2 rings (SSSR count). The van der Waals surface area contributed by atoms with Gasteiger partial charge in [0.05, 0.1) is 12.5 Å². The van der Waals surface area contributed by atoms with E-state index in [0.29, 0.717) is 26.1 Å². The summed E-state index contributed by atoms with van der Waals surface area (Å²) in [5.74, 6) is 0.482. The summed E-state index contributed by atoms with van der Waals surface area (Å²) in [7, 11) is 0. The fourth-order valence-electron chi connectivity index (χ4n) is 2.34. The second kappa shape index (κ2) is 6.57. The third-order valence-electron chi connectivity index (χ3n) is 3.31. The molecule has 0 radical (unpaired) electrons. The largest absolute Gasteiger partial charge is 0.493 e. The maximum Gasteiger partial charge on any atom is 0.312 e. The molecule has 0 aromatic carbocycles. The first kappa shape index (κ1) is 13.9. The molecule has 0 fully saturated rings. The highest BCUT2D eigenvalue weighted by molar-refractivity contribution is 5.73. The summed E-state index contributed by atoms with van der Waals surface area (Å²) in [6, 6.07) is 0. The molecule has 0 aromatic heterocycles. The van der Waals surface area contributed by atoms with Crippen molar-refractivity contribution in [1.29, 1.82) is 0 Å². The van der Waals surface area contributed by atoms with Crippen molar-refractivity contribution in [3.05, 3.63) is 35.1 Å². The number of ether oxygens (including phenoxy) is 2. The van der Waals surface area contributed by atoms with Gasteiger partial charge >= 0.3 is 5.97 Å². The van der Waals surface area contributed by atoms with E-state index in [1.165, 1.54) is 0 Å². The molecule has 1 aliphatic heterocycles. The van der Waals surface area contributed by atoms with Gasteiger partial charge in [-0.1, -0.05) is 12.2 Å². The van der Waals surface area contributed by atoms with Gasteiger partial charge in [0, 0.05) is 6.61 Å². The fourth-order valence-corrected chi connectivity index (χ4v) is 2.34. The van der Waals surface area contributed by atoms with Crippen molar-refractivity contribution >= 4 is 5.97 Å². The summed E-state index contributed by atoms with van der Waals surface area (Å²) >= 11 is 0. The molecule has 1 N–H and O–H groups in total. The Morgan fingerprint density at radius 3 is 3.16 bits per heavy atom. The molecule has 0 saturated heterocycles. The van der Waals surface area contributed by atoms with Crippen LogP contribution in [0.4, 0.5) is 0 Å². The predicted molar refractivity (Wildman–Crippen MR) is 71.3 cm³/mol. The van der Waals surface area contributed by atoms with E-state index in [9.17, 15) is 4.79 Å². The molecule has 19 heavy (non-hydrogen) atoms. The van der Waals surface area contributed by atoms with Gasteiger partial charge in [-0.3, -0.25) is 4.79 Å². The normalized spacial score (nSPS) is 22.2. The second-order valence-corrected chi connectivity index (χ2v) is 4.73. The van der Waals surface area contributed by atoms with Crippen molar-refractivity contribution in [3.63, 3.8) is 0 Å². The van der Waals surface area contributed by atoms with Gasteiger partial charge in [-0.15, -0.1) is 0 Å². The summed E-state index contributed by atoms with van der Waals surface area (Å²) < 4.78 is 10.7. The number of rotatable bonds is 4. The zero-order chi connectivity index (χ0) is 13.7. The van der Waals surface area contributed by atoms with Crippen molar-refractivity contribution in [2.24, 2.45) is 5.92 Å². The highest BCUT2D eigenvalue weighted by Crippen LogP contribution is 2.31. The standard InChI is InChI=1S/C15H20O4/c1-2-18-15(17)13-9-12-5-3-4-11(6-7-16)8-14(12)19-10-13/h3-4,8,13,16H,2,5-7,9-10H2,1H3. The van der Waals surface area contributed by atoms with E-state index in [2.05, 4.69) is 6.08 Å². The number of aliphatic hydroxyl groups is 1. The minimum absolute atomic E-state index is 0.129. The van der Waals surface area contributed by atoms with Crippen LogP contribution in [0, 0.1) is 5.92 Å². The zero-order valence-corrected chi connectivity index (χ0v) is 11.2. The predicted octanol–water partition coefficient (Wildman–Crippen LogP) is 2.11. The maximum absolute atomic E-state index is 11.7. The van der Waals surface area contributed by atoms with E-state index in [-0.39, 0.29) is 18.5 Å². The summed E-state index contributed by atoms with van der Waals surface area (Å²) in [6.45, 7) is 2.72. The Labute approximate surface area is 113 Å². The van der Waals surface area contributed by atoms with E-state index in [1.807, 2.05) is 19.1 Å². The molecule has 0 spiro atoms. The van der Waals surface area contributed by atoms with E-state index >= 15 is 0 Å². The minimum atomic E-state index is -0.195. The Bertz CT molecular complexity index is 431. The van der Waals surface area contributed by atoms with Crippen LogP contribution in [0.5, 0.6) is 0 Å². The zero-order valence-electron chi connectivity index (χ0n) is 11.2. The number of aliphatic hydroxyl groups excluding tert-OH is 1. The Balaban J connectivity index is 2.09. The van der Waals surface area contributed by atoms with E-state index in [4.69, 9.17) is 14.6 Å². The fraction of sp³-hybridized carbons (Fsp3) is 0.533. The van der Waals surface area contributed by atoms with E-state index in [1.54, 1.807) is 0 Å². The van der Waals surface area contributed by atoms with Crippen molar-refractivity contribution in [2.75, 3.05) is 19.8 Å². The number of carbonyl (C=O) groups is 1. The first-order valence-corrected chi connectivity index (χ1v) is 6.74. The molecule has 0 aromatic rings. The van der Waals surface area contributed by atoms with Crippen LogP contribution in [0.25, 0.3) is 0 Å². The van der Waals surface area contributed by atoms with Crippen molar-refractivity contribution < 1.29 is 19.4 Å². The number of hydrogen-bond acceptors (Lipinski definition) is 4. The van der Waals surface area contributed by atoms with Gasteiger partial charge in [0.15, 0.2) is 0 Å². The number of hydrogen-bond donors (Lipinski definition) is 1. The van der Waals surface area contributed by atoms with Crippen molar-refractivity contribution in [3.8, 4) is 0 Å². The van der Waals surface area contributed by atoms with Gasteiger partial charge in [-0.25, -0.2) is 0 Å². The third kappa shape index (κ3) is 3.47. The Morgan fingerprint density at radius 2 is 2.42 bits per heavy atom. The number of allylic oxidation sites excluding steroid dienone is 4. The molecule has 2 aliphatic rings. The average molecular weight is 264 g/mol. The summed E-state index contributed by atoms with van der Waals surface area (Å²) in [5.41, 5.74) is 2.19. The molecule has 1 unspecified atom stereocenters. The SMILES string of the molecule is CCOC(=O)C1COC2=C(CC=CC(CCO)=C2)C1. The Morgan fingerprint density at radius 1 is 1.58 bits per heavy atom. The lowest BCUT2D eigenvalue weighted by Crippen LogP contribution is -2.26. The van der Waals surface area contributed by atoms with Crippen LogP contribution < -0.4 is 0 Å². The molecule has 0 saturated carbocycles. The molecule has 1 heterocycles. The summed E-state index contributed by atoms with van der Waals surface area (Å²) in [4.78, 5) is 11.7. The highest BCUT2D eigenvalue weighted by Gasteiger charge is 2.28. The van der Waals surface area contributed by atoms with Crippen LogP contribution >= 0.6 is 0 Å². The number of carbonyl (C=O) groups excluding carboxylic acids is 1. The Hall–Kier alpha value is -1.55. The average Bonchev–Trinajstić information content (AvgIpc) is 2.60. The van der Waals surface area contributed by atoms with Crippen LogP contribution in [0.15, 0.2) is 35.1 Å². The smallest absolute Gasteiger partial charge is 0.312 e. The lowest BCUT2D eigenvalue weighted by molar-refractivity contribution is -0.150. The van der Waals surface area contributed by atoms with Gasteiger partial charge in [0.1, 0.15) is 12.4 Å². The molecule has 1 atom stereocenters. The second-order valence-electron chi connectivity index (χ2n) is 4.73. The van der Waals surface area contributed by atoms with Crippen molar-refractivity contribution in [2.45, 2.75) is 26.2 Å². The van der Waals surface area contributed by atoms with Gasteiger partial charge in [0.2, 0.25) is 0 Å². The van der Waals surface area contributed by atoms with Crippen LogP contribution in [0.3, 0.4) is 0 Å². The first-order chi connectivity index (χ1) is 9.24. The summed E-state index contributed by atoms with van der Waals surface area (Å²) in [6.07, 6.45) is 8.14. The van der Waals surface area contributed by atoms with Gasteiger partial charge in [-0.2, -0.15) is 0 Å². The van der Waals surface area contributed by atoms with Gasteiger partial charge in [-0.05, 0) is 43.4 Å². The van der Waals surface area contributed by atoms with Crippen LogP contribution in [-0.4, -0.2) is 30.9 Å². The highest BCUT2D eigenvalue weighted by atomic mass is 16.5. The summed E-state index contributed by atoms with van der Waals surface area (Å²) in [5, 5.41) is 8.99. The first-order valence-electron chi connectivity index (χ1n) is 6.74. The Kier molecular flexibility index (Phi) is 4.80. The molecular formula is C15H20O4. The van der Waals surface area contributed by atoms with E-state index < -0.39 is 0 Å². The maximum atomic E-state index is 11.7. The van der Waals surface area contributed by atoms with Gasteiger partial charge < -0.3 is 14.6 Å². The number of esters is 1. The lowest BCUT2D eigenvalue weighted by atomic mass is 9.94. The van der Waals surface area contributed by atoms with E-state index in [0.717, 1.165) is 23.3 Å². The minimum Gasteiger partial charge on any atom is -0.493 e. The van der Waals surface area contributed by atoms with Crippen LogP contribution in [0.1, 0.15) is 26.2 Å². The molecule has 4 nitrogen and oxygen atoms in total. The molecule has 104 valence electrons. The molecule has 0 amide bonds. The molecule has 4 heteroatoms. The topological polar surface area (TPSA) is 55.8 Å². The van der Waals surface area contributed by atoms with Crippen LogP contribution in [0.2, 0.25) is 0 Å². The molecular weight excluding hydrogens is 244 g/mol. The third-order valence-corrected chi connectivity index (χ3v) is 3.31. The van der Waals surface area contributed by atoms with Gasteiger partial charge in [0.25, 0.3) is 0 Å². The monoisotopic (exact) mass is 264 g/mol. The van der Waals surface area contributed by atoms with Crippen LogP contribution in [-0.2, 0) is 14.3 Å². The molecule has 1 aliphatic carbocycles. The lowest BCUT2D eigenvalue weighted by Gasteiger charge is -2.24. The quantitative estimate of drug-likeness (QED) is 0.790. The molecule has 0 bridgehead atoms.